The zero-order valence-electron chi connectivity index (χ0n) is 11.4. The van der Waals surface area contributed by atoms with E-state index in [9.17, 15) is 0 Å². The highest BCUT2D eigenvalue weighted by Crippen LogP contribution is 2.29. The number of aromatic nitrogens is 1. The molecule has 1 saturated heterocycles. The first-order valence-corrected chi connectivity index (χ1v) is 6.18. The lowest BCUT2D eigenvalue weighted by Crippen LogP contribution is -2.35. The van der Waals surface area contributed by atoms with Crippen LogP contribution < -0.4 is 10.8 Å². The Morgan fingerprint density at radius 2 is 2.22 bits per heavy atom. The number of hydrogen-bond donors (Lipinski definition) is 1. The number of nitrogens with one attached hydrogen (secondary N) is 1. The van der Waals surface area contributed by atoms with Gasteiger partial charge < -0.3 is 14.6 Å². The molecular weight excluding hydrogens is 227 g/mol. The van der Waals surface area contributed by atoms with Crippen molar-refractivity contribution in [3.05, 3.63) is 30.3 Å². The lowest BCUT2D eigenvalue weighted by Gasteiger charge is -2.15. The summed E-state index contributed by atoms with van der Waals surface area (Å²) in [5, 5.41) is 3.28. The predicted molar refractivity (Wildman–Crippen MR) is 73.9 cm³/mol. The smallest absolute Gasteiger partial charge is 0.534 e. The Bertz CT molecular complexity index is 474. The molecule has 0 bridgehead atoms. The predicted octanol–water partition coefficient (Wildman–Crippen LogP) is 1.86. The molecule has 96 valence electrons. The maximum Gasteiger partial charge on any atom is 0.565 e. The van der Waals surface area contributed by atoms with Crippen molar-refractivity contribution in [1.82, 2.24) is 4.98 Å². The largest absolute Gasteiger partial charge is 0.565 e. The maximum absolute atomic E-state index is 5.83. The fourth-order valence-corrected chi connectivity index (χ4v) is 1.81. The van der Waals surface area contributed by atoms with Gasteiger partial charge in [0.15, 0.2) is 0 Å². The van der Waals surface area contributed by atoms with E-state index in [0.29, 0.717) is 5.76 Å². The molecule has 4 nitrogen and oxygen atoms in total. The van der Waals surface area contributed by atoms with Crippen molar-refractivity contribution in [2.24, 2.45) is 0 Å². The van der Waals surface area contributed by atoms with E-state index in [1.807, 2.05) is 26.8 Å². The highest BCUT2D eigenvalue weighted by Gasteiger charge is 2.43. The molecule has 5 heteroatoms. The number of rotatable bonds is 3. The second-order valence-electron chi connectivity index (χ2n) is 4.93. The Morgan fingerprint density at radius 1 is 1.50 bits per heavy atom. The lowest BCUT2D eigenvalue weighted by atomic mass is 9.80. The first kappa shape index (κ1) is 13.0. The van der Waals surface area contributed by atoms with Gasteiger partial charge in [0.25, 0.3) is 0 Å². The van der Waals surface area contributed by atoms with Crippen molar-refractivity contribution in [3.8, 4) is 0 Å². The van der Waals surface area contributed by atoms with E-state index in [2.05, 4.69) is 23.8 Å². The summed E-state index contributed by atoms with van der Waals surface area (Å²) in [5.74, 6) is 0.651. The third-order valence-corrected chi connectivity index (χ3v) is 3.07. The summed E-state index contributed by atoms with van der Waals surface area (Å²) in [6.45, 7) is 12.7. The molecule has 0 saturated carbocycles. The van der Waals surface area contributed by atoms with Crippen LogP contribution in [0, 0.1) is 6.92 Å². The second kappa shape index (κ2) is 4.65. The van der Waals surface area contributed by atoms with Gasteiger partial charge in [-0.05, 0) is 33.8 Å². The van der Waals surface area contributed by atoms with Crippen LogP contribution in [-0.4, -0.2) is 24.2 Å². The third kappa shape index (κ3) is 2.36. The van der Waals surface area contributed by atoms with E-state index in [4.69, 9.17) is 9.31 Å². The van der Waals surface area contributed by atoms with Gasteiger partial charge in [0, 0.05) is 18.2 Å². The summed E-state index contributed by atoms with van der Waals surface area (Å²) in [6.07, 6.45) is 1.79. The number of pyridine rings is 1. The van der Waals surface area contributed by atoms with Crippen LogP contribution in [0.3, 0.4) is 0 Å². The van der Waals surface area contributed by atoms with Gasteiger partial charge in [-0.1, -0.05) is 6.58 Å². The number of aryl methyl sites for hydroxylation is 1. The van der Waals surface area contributed by atoms with Crippen LogP contribution in [0.2, 0.25) is 0 Å². The molecule has 1 fully saturated rings. The lowest BCUT2D eigenvalue weighted by molar-refractivity contribution is 0.173. The quantitative estimate of drug-likeness (QED) is 0.826. The van der Waals surface area contributed by atoms with Crippen LogP contribution >= 0.6 is 0 Å². The second-order valence-corrected chi connectivity index (χ2v) is 4.93. The molecular formula is C13H19BN2O2. The Hall–Kier alpha value is -1.49. The van der Waals surface area contributed by atoms with Crippen molar-refractivity contribution in [2.45, 2.75) is 33.3 Å². The molecule has 0 atom stereocenters. The zero-order valence-corrected chi connectivity index (χ0v) is 11.4. The summed E-state index contributed by atoms with van der Waals surface area (Å²) < 4.78 is 11.5. The summed E-state index contributed by atoms with van der Waals surface area (Å²) in [5.41, 5.74) is 2.44. The van der Waals surface area contributed by atoms with Crippen molar-refractivity contribution in [2.75, 3.05) is 11.9 Å². The topological polar surface area (TPSA) is 43.4 Å². The molecule has 0 aliphatic carbocycles. The average molecular weight is 246 g/mol. The van der Waals surface area contributed by atoms with Crippen LogP contribution in [0.5, 0.6) is 0 Å². The van der Waals surface area contributed by atoms with Crippen LogP contribution in [0.25, 0.3) is 0 Å². The van der Waals surface area contributed by atoms with Gasteiger partial charge in [-0.2, -0.15) is 0 Å². The first-order valence-electron chi connectivity index (χ1n) is 6.18. The molecule has 1 N–H and O–H groups in total. The standard InChI is InChI=1S/C13H19BN2O2/c1-6-15-12-7-11(8-16-9(12)2)14-17-10(3)13(4,5)18-14/h7-8,15H,3,6H2,1-2,4-5H3. The number of hydrogen-bond acceptors (Lipinski definition) is 4. The van der Waals surface area contributed by atoms with E-state index < -0.39 is 12.7 Å². The minimum absolute atomic E-state index is 0.419. The molecule has 18 heavy (non-hydrogen) atoms. The zero-order chi connectivity index (χ0) is 13.3. The summed E-state index contributed by atoms with van der Waals surface area (Å²) in [4.78, 5) is 4.36. The van der Waals surface area contributed by atoms with E-state index in [0.717, 1.165) is 23.4 Å². The van der Waals surface area contributed by atoms with Gasteiger partial charge >= 0.3 is 7.12 Å². The minimum atomic E-state index is -0.450. The van der Waals surface area contributed by atoms with Crippen LogP contribution in [0.15, 0.2) is 24.6 Å². The summed E-state index contributed by atoms with van der Waals surface area (Å²) in [7, 11) is -0.419. The molecule has 0 aromatic carbocycles. The van der Waals surface area contributed by atoms with Gasteiger partial charge in [-0.3, -0.25) is 4.98 Å². The molecule has 0 unspecified atom stereocenters. The molecule has 0 amide bonds. The SMILES string of the molecule is C=C1OB(c2cnc(C)c(NCC)c2)OC1(C)C. The minimum Gasteiger partial charge on any atom is -0.534 e. The monoisotopic (exact) mass is 246 g/mol. The highest BCUT2D eigenvalue weighted by molar-refractivity contribution is 6.62. The summed E-state index contributed by atoms with van der Waals surface area (Å²) >= 11 is 0. The molecule has 2 heterocycles. The van der Waals surface area contributed by atoms with Gasteiger partial charge in [-0.25, -0.2) is 0 Å². The Kier molecular flexibility index (Phi) is 3.35. The average Bonchev–Trinajstić information content (AvgIpc) is 2.57. The van der Waals surface area contributed by atoms with E-state index in [1.165, 1.54) is 0 Å². The molecule has 1 aliphatic rings. The number of nitrogens with zero attached hydrogens (tertiary/aromatic N) is 1. The molecule has 1 aromatic rings. The maximum atomic E-state index is 5.83. The Balaban J connectivity index is 2.25. The van der Waals surface area contributed by atoms with Gasteiger partial charge in [0.2, 0.25) is 0 Å². The third-order valence-electron chi connectivity index (χ3n) is 3.07. The molecule has 1 aromatic heterocycles. The molecule has 0 radical (unpaired) electrons. The Labute approximate surface area is 109 Å². The van der Waals surface area contributed by atoms with Crippen molar-refractivity contribution in [1.29, 1.82) is 0 Å². The van der Waals surface area contributed by atoms with Gasteiger partial charge in [0.05, 0.1) is 17.1 Å². The highest BCUT2D eigenvalue weighted by atomic mass is 16.7. The van der Waals surface area contributed by atoms with Crippen molar-refractivity contribution in [3.63, 3.8) is 0 Å². The molecule has 1 aliphatic heterocycles. The van der Waals surface area contributed by atoms with Gasteiger partial charge in [0.1, 0.15) is 5.60 Å². The van der Waals surface area contributed by atoms with Crippen molar-refractivity contribution < 1.29 is 9.31 Å². The van der Waals surface area contributed by atoms with Crippen LogP contribution in [0.1, 0.15) is 26.5 Å². The van der Waals surface area contributed by atoms with E-state index >= 15 is 0 Å². The summed E-state index contributed by atoms with van der Waals surface area (Å²) in [6, 6.07) is 2.02. The molecule has 0 spiro atoms. The van der Waals surface area contributed by atoms with E-state index in [1.54, 1.807) is 6.20 Å². The first-order chi connectivity index (χ1) is 8.44. The Morgan fingerprint density at radius 3 is 2.78 bits per heavy atom. The fourth-order valence-electron chi connectivity index (χ4n) is 1.81. The molecule has 2 rings (SSSR count). The van der Waals surface area contributed by atoms with E-state index in [-0.39, 0.29) is 0 Å². The number of anilines is 1. The van der Waals surface area contributed by atoms with Crippen LogP contribution in [-0.2, 0) is 9.31 Å². The van der Waals surface area contributed by atoms with Gasteiger partial charge in [-0.15, -0.1) is 0 Å². The fraction of sp³-hybridized carbons (Fsp3) is 0.462. The van der Waals surface area contributed by atoms with Crippen molar-refractivity contribution >= 4 is 18.3 Å². The van der Waals surface area contributed by atoms with Crippen LogP contribution in [0.4, 0.5) is 5.69 Å². The normalized spacial score (nSPS) is 17.8.